The van der Waals surface area contributed by atoms with Crippen molar-refractivity contribution in [3.05, 3.63) is 164 Å². The first-order valence-corrected chi connectivity index (χ1v) is 15.6. The Labute approximate surface area is 266 Å². The highest BCUT2D eigenvalue weighted by atomic mass is 16.3. The summed E-state index contributed by atoms with van der Waals surface area (Å²) < 4.78 is 6.34. The predicted octanol–water partition coefficient (Wildman–Crippen LogP) is 12.3. The molecule has 216 valence electrons. The molecule has 0 radical (unpaired) electrons. The summed E-state index contributed by atoms with van der Waals surface area (Å²) in [6, 6.07) is 57.3. The van der Waals surface area contributed by atoms with E-state index in [0.717, 1.165) is 38.6 Å². The molecule has 2 heteroatoms. The lowest BCUT2D eigenvalue weighted by atomic mass is 9.83. The Balaban J connectivity index is 1.37. The summed E-state index contributed by atoms with van der Waals surface area (Å²) in [7, 11) is 0. The third-order valence-corrected chi connectivity index (χ3v) is 9.16. The van der Waals surface area contributed by atoms with E-state index in [-0.39, 0.29) is 5.75 Å². The third-order valence-electron chi connectivity index (χ3n) is 9.16. The topological polar surface area (TPSA) is 33.4 Å². The molecule has 9 rings (SSSR count). The molecule has 0 bridgehead atoms. The predicted molar refractivity (Wildman–Crippen MR) is 192 cm³/mol. The summed E-state index contributed by atoms with van der Waals surface area (Å²) in [4.78, 5) is 0. The van der Waals surface area contributed by atoms with Crippen LogP contribution < -0.4 is 0 Å². The van der Waals surface area contributed by atoms with Crippen molar-refractivity contribution >= 4 is 43.5 Å². The largest absolute Gasteiger partial charge is 0.508 e. The van der Waals surface area contributed by atoms with Gasteiger partial charge in [-0.25, -0.2) is 0 Å². The van der Waals surface area contributed by atoms with Crippen LogP contribution in [0.25, 0.3) is 88.0 Å². The quantitative estimate of drug-likeness (QED) is 0.208. The van der Waals surface area contributed by atoms with Crippen molar-refractivity contribution in [2.24, 2.45) is 0 Å². The van der Waals surface area contributed by atoms with E-state index in [9.17, 15) is 5.11 Å². The molecule has 0 amide bonds. The molecule has 1 aromatic heterocycles. The van der Waals surface area contributed by atoms with E-state index in [2.05, 4.69) is 140 Å². The molecule has 0 spiro atoms. The van der Waals surface area contributed by atoms with Gasteiger partial charge in [-0.2, -0.15) is 0 Å². The van der Waals surface area contributed by atoms with Crippen LogP contribution in [-0.4, -0.2) is 5.11 Å². The van der Waals surface area contributed by atoms with Crippen LogP contribution in [0.2, 0.25) is 0 Å². The fraction of sp³-hybridized carbons (Fsp3) is 0. The van der Waals surface area contributed by atoms with E-state index >= 15 is 0 Å². The maximum atomic E-state index is 10.4. The van der Waals surface area contributed by atoms with Crippen LogP contribution in [0.5, 0.6) is 5.75 Å². The van der Waals surface area contributed by atoms with E-state index in [4.69, 9.17) is 4.42 Å². The van der Waals surface area contributed by atoms with Gasteiger partial charge in [0.2, 0.25) is 0 Å². The molecular weight excluding hydrogens is 560 g/mol. The summed E-state index contributed by atoms with van der Waals surface area (Å²) in [5, 5.41) is 17.1. The second-order valence-electron chi connectivity index (χ2n) is 11.8. The van der Waals surface area contributed by atoms with Crippen molar-refractivity contribution in [2.75, 3.05) is 0 Å². The number of rotatable bonds is 4. The standard InChI is InChI=1S/C44H28O2/c45-32-23-24-41-38(25-32)39-26-40(37(27-42(39)46-41)30-13-5-2-6-14-30)44-35-17-9-7-15-33(35)43(34-16-8-10-18-36(34)44)31-21-19-29(20-22-31)28-11-3-1-4-12-28/h1-27,45H. The van der Waals surface area contributed by atoms with E-state index < -0.39 is 0 Å². The van der Waals surface area contributed by atoms with Crippen molar-refractivity contribution < 1.29 is 9.52 Å². The first-order chi connectivity index (χ1) is 22.7. The van der Waals surface area contributed by atoms with Gasteiger partial charge in [-0.1, -0.05) is 133 Å². The summed E-state index contributed by atoms with van der Waals surface area (Å²) in [5.41, 5.74) is 10.9. The van der Waals surface area contributed by atoms with Gasteiger partial charge in [0.05, 0.1) is 0 Å². The fourth-order valence-electron chi connectivity index (χ4n) is 7.06. The lowest BCUT2D eigenvalue weighted by Crippen LogP contribution is -1.93. The van der Waals surface area contributed by atoms with Gasteiger partial charge < -0.3 is 9.52 Å². The average molecular weight is 589 g/mol. The van der Waals surface area contributed by atoms with Gasteiger partial charge in [0.1, 0.15) is 16.9 Å². The lowest BCUT2D eigenvalue weighted by Gasteiger charge is -2.20. The van der Waals surface area contributed by atoms with Crippen molar-refractivity contribution in [2.45, 2.75) is 0 Å². The second kappa shape index (κ2) is 10.5. The minimum absolute atomic E-state index is 0.224. The van der Waals surface area contributed by atoms with Crippen LogP contribution in [0, 0.1) is 0 Å². The van der Waals surface area contributed by atoms with Gasteiger partial charge >= 0.3 is 0 Å². The normalized spacial score (nSPS) is 11.6. The Morgan fingerprint density at radius 1 is 0.326 bits per heavy atom. The molecule has 0 aliphatic rings. The van der Waals surface area contributed by atoms with E-state index in [1.54, 1.807) is 12.1 Å². The number of phenolic OH excluding ortho intramolecular Hbond substituents is 1. The van der Waals surface area contributed by atoms with Crippen LogP contribution >= 0.6 is 0 Å². The maximum Gasteiger partial charge on any atom is 0.136 e. The van der Waals surface area contributed by atoms with E-state index in [1.807, 2.05) is 12.1 Å². The molecule has 2 nitrogen and oxygen atoms in total. The molecule has 8 aromatic carbocycles. The average Bonchev–Trinajstić information content (AvgIpc) is 3.47. The highest BCUT2D eigenvalue weighted by Crippen LogP contribution is 2.48. The van der Waals surface area contributed by atoms with Crippen molar-refractivity contribution in [3.63, 3.8) is 0 Å². The van der Waals surface area contributed by atoms with Gasteiger partial charge in [-0.15, -0.1) is 0 Å². The zero-order chi connectivity index (χ0) is 30.6. The highest BCUT2D eigenvalue weighted by molar-refractivity contribution is 6.23. The number of hydrogen-bond donors (Lipinski definition) is 1. The Morgan fingerprint density at radius 3 is 1.46 bits per heavy atom. The Morgan fingerprint density at radius 2 is 0.826 bits per heavy atom. The highest BCUT2D eigenvalue weighted by Gasteiger charge is 2.21. The fourth-order valence-corrected chi connectivity index (χ4v) is 7.06. The van der Waals surface area contributed by atoms with Gasteiger partial charge in [-0.05, 0) is 96.4 Å². The number of phenols is 1. The molecule has 0 aliphatic heterocycles. The van der Waals surface area contributed by atoms with Gasteiger partial charge in [0, 0.05) is 10.8 Å². The third kappa shape index (κ3) is 4.19. The Kier molecular flexibility index (Phi) is 6.00. The maximum absolute atomic E-state index is 10.4. The van der Waals surface area contributed by atoms with E-state index in [0.29, 0.717) is 0 Å². The summed E-state index contributed by atoms with van der Waals surface area (Å²) >= 11 is 0. The van der Waals surface area contributed by atoms with Crippen molar-refractivity contribution in [1.29, 1.82) is 0 Å². The SMILES string of the molecule is Oc1ccc2oc3cc(-c4ccccc4)c(-c4c5ccccc5c(-c5ccc(-c6ccccc6)cc5)c5ccccc45)cc3c2c1. The van der Waals surface area contributed by atoms with Crippen LogP contribution in [-0.2, 0) is 0 Å². The monoisotopic (exact) mass is 588 g/mol. The van der Waals surface area contributed by atoms with Gasteiger partial charge in [-0.3, -0.25) is 0 Å². The number of benzene rings is 8. The van der Waals surface area contributed by atoms with Crippen molar-refractivity contribution in [1.82, 2.24) is 0 Å². The lowest BCUT2D eigenvalue weighted by molar-refractivity contribution is 0.476. The van der Waals surface area contributed by atoms with Crippen LogP contribution in [0.3, 0.4) is 0 Å². The molecule has 46 heavy (non-hydrogen) atoms. The molecule has 0 atom stereocenters. The van der Waals surface area contributed by atoms with Crippen LogP contribution in [0.4, 0.5) is 0 Å². The first kappa shape index (κ1) is 26.3. The number of hydrogen-bond acceptors (Lipinski definition) is 2. The number of aromatic hydroxyl groups is 1. The molecule has 0 fully saturated rings. The minimum Gasteiger partial charge on any atom is -0.508 e. The minimum atomic E-state index is 0.224. The van der Waals surface area contributed by atoms with Gasteiger partial charge in [0.15, 0.2) is 0 Å². The molecular formula is C44H28O2. The molecule has 0 unspecified atom stereocenters. The summed E-state index contributed by atoms with van der Waals surface area (Å²) in [5.74, 6) is 0.224. The smallest absolute Gasteiger partial charge is 0.136 e. The Hall–Kier alpha value is -6.12. The Bertz CT molecular complexity index is 2500. The molecule has 0 saturated heterocycles. The van der Waals surface area contributed by atoms with Crippen LogP contribution in [0.15, 0.2) is 168 Å². The zero-order valence-corrected chi connectivity index (χ0v) is 24.9. The molecule has 0 saturated carbocycles. The molecule has 1 N–H and O–H groups in total. The first-order valence-electron chi connectivity index (χ1n) is 15.6. The second-order valence-corrected chi connectivity index (χ2v) is 11.8. The zero-order valence-electron chi connectivity index (χ0n) is 24.9. The van der Waals surface area contributed by atoms with E-state index in [1.165, 1.54) is 49.4 Å². The number of fused-ring (bicyclic) bond motifs is 5. The number of furan rings is 1. The van der Waals surface area contributed by atoms with Crippen LogP contribution in [0.1, 0.15) is 0 Å². The molecule has 9 aromatic rings. The molecule has 0 aliphatic carbocycles. The van der Waals surface area contributed by atoms with Gasteiger partial charge in [0.25, 0.3) is 0 Å². The summed E-state index contributed by atoms with van der Waals surface area (Å²) in [6.45, 7) is 0. The van der Waals surface area contributed by atoms with Crippen molar-refractivity contribution in [3.8, 4) is 50.3 Å². The summed E-state index contributed by atoms with van der Waals surface area (Å²) in [6.07, 6.45) is 0. The molecule has 1 heterocycles.